The second-order valence-electron chi connectivity index (χ2n) is 5.42. The Hall–Kier alpha value is -1.77. The molecule has 2 N–H and O–H groups in total. The molecule has 1 aromatic carbocycles. The van der Waals surface area contributed by atoms with Crippen molar-refractivity contribution in [3.8, 4) is 5.69 Å². The highest BCUT2D eigenvalue weighted by Gasteiger charge is 2.30. The van der Waals surface area contributed by atoms with Crippen LogP contribution in [0.2, 0.25) is 0 Å². The van der Waals surface area contributed by atoms with Crippen molar-refractivity contribution in [3.05, 3.63) is 40.7 Å². The molecular weight excluding hydrogens is 222 g/mol. The molecule has 0 saturated heterocycles. The molecule has 1 fully saturated rings. The predicted molar refractivity (Wildman–Crippen MR) is 74.2 cm³/mol. The molecule has 0 atom stereocenters. The van der Waals surface area contributed by atoms with Gasteiger partial charge >= 0.3 is 0 Å². The van der Waals surface area contributed by atoms with Crippen LogP contribution in [-0.4, -0.2) is 9.78 Å². The van der Waals surface area contributed by atoms with E-state index in [0.29, 0.717) is 5.92 Å². The van der Waals surface area contributed by atoms with Crippen LogP contribution >= 0.6 is 0 Å². The first-order valence-corrected chi connectivity index (χ1v) is 6.49. The van der Waals surface area contributed by atoms with Crippen LogP contribution in [0.3, 0.4) is 0 Å². The largest absolute Gasteiger partial charge is 0.396 e. The first-order valence-electron chi connectivity index (χ1n) is 6.49. The number of nitrogens with zero attached hydrogens (tertiary/aromatic N) is 2. The molecule has 0 aliphatic heterocycles. The maximum atomic E-state index is 6.07. The lowest BCUT2D eigenvalue weighted by Crippen LogP contribution is -2.07. The zero-order chi connectivity index (χ0) is 12.9. The van der Waals surface area contributed by atoms with Crippen LogP contribution in [0.25, 0.3) is 5.69 Å². The van der Waals surface area contributed by atoms with Crippen molar-refractivity contribution >= 4 is 5.69 Å². The number of rotatable bonds is 2. The molecule has 1 aliphatic carbocycles. The molecule has 0 spiro atoms. The van der Waals surface area contributed by atoms with Gasteiger partial charge in [-0.25, -0.2) is 4.68 Å². The van der Waals surface area contributed by atoms with Crippen LogP contribution in [-0.2, 0) is 0 Å². The SMILES string of the molecule is Cc1cc(C)c(-n2ncc(N)c2C2CC2)c(C)c1. The lowest BCUT2D eigenvalue weighted by Gasteiger charge is -2.14. The fourth-order valence-electron chi connectivity index (χ4n) is 2.82. The van der Waals surface area contributed by atoms with E-state index in [1.165, 1.54) is 40.9 Å². The van der Waals surface area contributed by atoms with Gasteiger partial charge in [0.2, 0.25) is 0 Å². The average Bonchev–Trinajstić information content (AvgIpc) is 3.03. The summed E-state index contributed by atoms with van der Waals surface area (Å²) in [5.74, 6) is 0.604. The Bertz CT molecular complexity index is 583. The van der Waals surface area contributed by atoms with Gasteiger partial charge in [0.25, 0.3) is 0 Å². The fraction of sp³-hybridized carbons (Fsp3) is 0.400. The summed E-state index contributed by atoms with van der Waals surface area (Å²) in [6.45, 7) is 6.41. The lowest BCUT2D eigenvalue weighted by molar-refractivity contribution is 0.798. The Balaban J connectivity index is 2.21. The number of aryl methyl sites for hydroxylation is 3. The van der Waals surface area contributed by atoms with Crippen LogP contribution in [0.15, 0.2) is 18.3 Å². The molecule has 3 nitrogen and oxygen atoms in total. The van der Waals surface area contributed by atoms with E-state index in [4.69, 9.17) is 5.73 Å². The summed E-state index contributed by atoms with van der Waals surface area (Å²) in [7, 11) is 0. The van der Waals surface area contributed by atoms with Gasteiger partial charge in [-0.1, -0.05) is 17.7 Å². The Labute approximate surface area is 108 Å². The van der Waals surface area contributed by atoms with Gasteiger partial charge in [0.15, 0.2) is 0 Å². The molecular formula is C15H19N3. The van der Waals surface area contributed by atoms with E-state index in [1.54, 1.807) is 6.20 Å². The maximum absolute atomic E-state index is 6.07. The van der Waals surface area contributed by atoms with E-state index in [-0.39, 0.29) is 0 Å². The van der Waals surface area contributed by atoms with Crippen molar-refractivity contribution in [2.75, 3.05) is 5.73 Å². The second kappa shape index (κ2) is 3.87. The molecule has 2 aromatic rings. The third-order valence-corrected chi connectivity index (χ3v) is 3.65. The van der Waals surface area contributed by atoms with E-state index < -0.39 is 0 Å². The molecule has 94 valence electrons. The van der Waals surface area contributed by atoms with Crippen molar-refractivity contribution in [2.24, 2.45) is 0 Å². The molecule has 3 heteroatoms. The van der Waals surface area contributed by atoms with E-state index in [2.05, 4.69) is 42.7 Å². The molecule has 0 bridgehead atoms. The van der Waals surface area contributed by atoms with Gasteiger partial charge in [0, 0.05) is 5.92 Å². The highest BCUT2D eigenvalue weighted by Crippen LogP contribution is 2.43. The molecule has 1 aromatic heterocycles. The van der Waals surface area contributed by atoms with Crippen LogP contribution in [0.5, 0.6) is 0 Å². The zero-order valence-corrected chi connectivity index (χ0v) is 11.2. The topological polar surface area (TPSA) is 43.8 Å². The molecule has 0 unspecified atom stereocenters. The van der Waals surface area contributed by atoms with Gasteiger partial charge < -0.3 is 5.73 Å². The highest BCUT2D eigenvalue weighted by molar-refractivity contribution is 5.55. The van der Waals surface area contributed by atoms with Crippen molar-refractivity contribution in [1.82, 2.24) is 9.78 Å². The maximum Gasteiger partial charge on any atom is 0.0740 e. The molecule has 1 aliphatic rings. The predicted octanol–water partition coefficient (Wildman–Crippen LogP) is 3.26. The summed E-state index contributed by atoms with van der Waals surface area (Å²) < 4.78 is 2.05. The number of nitrogen functional groups attached to an aromatic ring is 1. The summed E-state index contributed by atoms with van der Waals surface area (Å²) in [6.07, 6.45) is 4.26. The summed E-state index contributed by atoms with van der Waals surface area (Å²) in [5.41, 5.74) is 13.1. The molecule has 0 radical (unpaired) electrons. The van der Waals surface area contributed by atoms with Crippen LogP contribution in [0.1, 0.15) is 41.1 Å². The summed E-state index contributed by atoms with van der Waals surface area (Å²) in [6, 6.07) is 4.41. The minimum absolute atomic E-state index is 0.604. The lowest BCUT2D eigenvalue weighted by atomic mass is 10.0. The van der Waals surface area contributed by atoms with Gasteiger partial charge in [0.05, 0.1) is 23.3 Å². The molecule has 3 rings (SSSR count). The van der Waals surface area contributed by atoms with Crippen LogP contribution in [0, 0.1) is 20.8 Å². The van der Waals surface area contributed by atoms with E-state index in [1.807, 2.05) is 0 Å². The van der Waals surface area contributed by atoms with Gasteiger partial charge in [-0.2, -0.15) is 5.10 Å². The number of nitrogens with two attached hydrogens (primary N) is 1. The Morgan fingerprint density at radius 1 is 1.17 bits per heavy atom. The summed E-state index contributed by atoms with van der Waals surface area (Å²) in [4.78, 5) is 0. The summed E-state index contributed by atoms with van der Waals surface area (Å²) in [5, 5.41) is 4.49. The molecule has 1 saturated carbocycles. The average molecular weight is 241 g/mol. The van der Waals surface area contributed by atoms with E-state index >= 15 is 0 Å². The number of anilines is 1. The van der Waals surface area contributed by atoms with Crippen molar-refractivity contribution < 1.29 is 0 Å². The van der Waals surface area contributed by atoms with E-state index in [0.717, 1.165) is 5.69 Å². The minimum atomic E-state index is 0.604. The minimum Gasteiger partial charge on any atom is -0.396 e. The first-order chi connectivity index (χ1) is 8.58. The Morgan fingerprint density at radius 2 is 1.78 bits per heavy atom. The highest BCUT2D eigenvalue weighted by atomic mass is 15.3. The quantitative estimate of drug-likeness (QED) is 0.877. The molecule has 1 heterocycles. The number of hydrogen-bond donors (Lipinski definition) is 1. The van der Waals surface area contributed by atoms with Crippen molar-refractivity contribution in [2.45, 2.75) is 39.5 Å². The van der Waals surface area contributed by atoms with Gasteiger partial charge in [-0.05, 0) is 44.7 Å². The van der Waals surface area contributed by atoms with E-state index in [9.17, 15) is 0 Å². The zero-order valence-electron chi connectivity index (χ0n) is 11.2. The number of benzene rings is 1. The van der Waals surface area contributed by atoms with Gasteiger partial charge in [0.1, 0.15) is 0 Å². The number of hydrogen-bond acceptors (Lipinski definition) is 2. The number of aromatic nitrogens is 2. The Kier molecular flexibility index (Phi) is 2.44. The Morgan fingerprint density at radius 3 is 2.33 bits per heavy atom. The third-order valence-electron chi connectivity index (χ3n) is 3.65. The normalized spacial score (nSPS) is 15.1. The van der Waals surface area contributed by atoms with Gasteiger partial charge in [-0.3, -0.25) is 0 Å². The molecule has 0 amide bonds. The summed E-state index contributed by atoms with van der Waals surface area (Å²) >= 11 is 0. The standard InChI is InChI=1S/C15H19N3/c1-9-6-10(2)14(11(3)7-9)18-15(12-4-5-12)13(16)8-17-18/h6-8,12H,4-5,16H2,1-3H3. The van der Waals surface area contributed by atoms with Crippen LogP contribution < -0.4 is 5.73 Å². The molecule has 18 heavy (non-hydrogen) atoms. The third kappa shape index (κ3) is 1.70. The second-order valence-corrected chi connectivity index (χ2v) is 5.42. The fourth-order valence-corrected chi connectivity index (χ4v) is 2.82. The van der Waals surface area contributed by atoms with Gasteiger partial charge in [-0.15, -0.1) is 0 Å². The smallest absolute Gasteiger partial charge is 0.0740 e. The first kappa shape index (κ1) is 11.3. The monoisotopic (exact) mass is 241 g/mol. The van der Waals surface area contributed by atoms with Crippen molar-refractivity contribution in [1.29, 1.82) is 0 Å². The van der Waals surface area contributed by atoms with Crippen molar-refractivity contribution in [3.63, 3.8) is 0 Å². The van der Waals surface area contributed by atoms with Crippen LogP contribution in [0.4, 0.5) is 5.69 Å².